The second kappa shape index (κ2) is 9.48. The summed E-state index contributed by atoms with van der Waals surface area (Å²) in [6, 6.07) is 10.8. The van der Waals surface area contributed by atoms with Crippen LogP contribution in [0, 0.1) is 0 Å². The molecule has 0 unspecified atom stereocenters. The number of thiophene rings is 1. The van der Waals surface area contributed by atoms with E-state index in [-0.39, 0.29) is 24.8 Å². The molecule has 122 valence electrons. The van der Waals surface area contributed by atoms with E-state index < -0.39 is 0 Å². The molecule has 1 aromatic heterocycles. The Labute approximate surface area is 161 Å². The number of halogens is 4. The lowest BCUT2D eigenvalue weighted by atomic mass is 10.0. The van der Waals surface area contributed by atoms with Crippen molar-refractivity contribution < 1.29 is 0 Å². The van der Waals surface area contributed by atoms with Crippen LogP contribution in [-0.2, 0) is 0 Å². The Balaban J connectivity index is 0.00000121. The summed E-state index contributed by atoms with van der Waals surface area (Å²) in [7, 11) is 0. The van der Waals surface area contributed by atoms with Crippen LogP contribution in [0.15, 0.2) is 40.2 Å². The first-order valence-electron chi connectivity index (χ1n) is 6.69. The second-order valence-corrected chi connectivity index (χ2v) is 7.14. The van der Waals surface area contributed by atoms with Crippen molar-refractivity contribution in [1.82, 2.24) is 10.2 Å². The van der Waals surface area contributed by atoms with E-state index in [4.69, 9.17) is 11.6 Å². The topological polar surface area (TPSA) is 15.3 Å². The van der Waals surface area contributed by atoms with Gasteiger partial charge in [0, 0.05) is 40.6 Å². The number of nitrogens with one attached hydrogen (secondary N) is 1. The van der Waals surface area contributed by atoms with E-state index in [0.29, 0.717) is 6.04 Å². The fourth-order valence-corrected chi connectivity index (χ4v) is 4.42. The zero-order valence-electron chi connectivity index (χ0n) is 11.8. The Morgan fingerprint density at radius 1 is 1.18 bits per heavy atom. The quantitative estimate of drug-likeness (QED) is 0.717. The van der Waals surface area contributed by atoms with E-state index in [2.05, 4.69) is 49.7 Å². The summed E-state index contributed by atoms with van der Waals surface area (Å²) >= 11 is 11.6. The molecule has 2 heterocycles. The minimum atomic E-state index is 0. The predicted octanol–water partition coefficient (Wildman–Crippen LogP) is 5.00. The van der Waals surface area contributed by atoms with E-state index >= 15 is 0 Å². The van der Waals surface area contributed by atoms with Crippen LogP contribution in [0.3, 0.4) is 0 Å². The van der Waals surface area contributed by atoms with Gasteiger partial charge in [0.2, 0.25) is 0 Å². The minimum Gasteiger partial charge on any atom is -0.314 e. The Hall–Kier alpha value is 0.190. The highest BCUT2D eigenvalue weighted by molar-refractivity contribution is 9.10. The SMILES string of the molecule is Cl.Cl.Clc1ccc([C@H](c2cccs2)N2CCNCC2)c(Br)c1. The van der Waals surface area contributed by atoms with E-state index in [1.165, 1.54) is 10.4 Å². The zero-order valence-corrected chi connectivity index (χ0v) is 16.6. The number of rotatable bonds is 3. The van der Waals surface area contributed by atoms with Gasteiger partial charge in [0.1, 0.15) is 0 Å². The van der Waals surface area contributed by atoms with Crippen LogP contribution in [0.4, 0.5) is 0 Å². The zero-order chi connectivity index (χ0) is 13.9. The number of hydrogen-bond acceptors (Lipinski definition) is 3. The third kappa shape index (κ3) is 4.60. The van der Waals surface area contributed by atoms with E-state index in [1.54, 1.807) is 0 Å². The van der Waals surface area contributed by atoms with Gasteiger partial charge >= 0.3 is 0 Å². The summed E-state index contributed by atoms with van der Waals surface area (Å²) in [6.07, 6.45) is 0. The maximum absolute atomic E-state index is 6.08. The molecule has 1 atom stereocenters. The number of benzene rings is 1. The van der Waals surface area contributed by atoms with E-state index in [9.17, 15) is 0 Å². The first kappa shape index (κ1) is 20.2. The van der Waals surface area contributed by atoms with Gasteiger partial charge in [0.25, 0.3) is 0 Å². The van der Waals surface area contributed by atoms with Crippen LogP contribution in [0.2, 0.25) is 5.02 Å². The van der Waals surface area contributed by atoms with Crippen LogP contribution in [-0.4, -0.2) is 31.1 Å². The maximum Gasteiger partial charge on any atom is 0.0707 e. The maximum atomic E-state index is 6.08. The van der Waals surface area contributed by atoms with Gasteiger partial charge in [-0.25, -0.2) is 0 Å². The fraction of sp³-hybridized carbons (Fsp3) is 0.333. The number of nitrogens with zero attached hydrogens (tertiary/aromatic N) is 1. The van der Waals surface area contributed by atoms with E-state index in [0.717, 1.165) is 35.7 Å². The van der Waals surface area contributed by atoms with Gasteiger partial charge in [-0.2, -0.15) is 0 Å². The first-order chi connectivity index (χ1) is 9.75. The van der Waals surface area contributed by atoms with Crippen molar-refractivity contribution in [3.63, 3.8) is 0 Å². The van der Waals surface area contributed by atoms with Gasteiger partial charge in [0.05, 0.1) is 6.04 Å². The van der Waals surface area contributed by atoms with Gasteiger partial charge < -0.3 is 5.32 Å². The number of piperazine rings is 1. The monoisotopic (exact) mass is 442 g/mol. The lowest BCUT2D eigenvalue weighted by Crippen LogP contribution is -2.45. The molecule has 0 spiro atoms. The normalized spacial score (nSPS) is 16.5. The summed E-state index contributed by atoms with van der Waals surface area (Å²) in [5.74, 6) is 0. The summed E-state index contributed by atoms with van der Waals surface area (Å²) in [5.41, 5.74) is 1.29. The molecule has 1 aromatic carbocycles. The van der Waals surface area contributed by atoms with Crippen LogP contribution in [0.5, 0.6) is 0 Å². The van der Waals surface area contributed by atoms with Crippen LogP contribution >= 0.6 is 63.7 Å². The van der Waals surface area contributed by atoms with Gasteiger partial charge in [-0.1, -0.05) is 39.7 Å². The largest absolute Gasteiger partial charge is 0.314 e. The third-order valence-corrected chi connectivity index (χ3v) is 5.43. The van der Waals surface area contributed by atoms with Crippen molar-refractivity contribution in [2.24, 2.45) is 0 Å². The van der Waals surface area contributed by atoms with Gasteiger partial charge in [0.15, 0.2) is 0 Å². The van der Waals surface area contributed by atoms with Gasteiger partial charge in [-0.3, -0.25) is 4.90 Å². The molecule has 1 fully saturated rings. The molecule has 0 saturated carbocycles. The van der Waals surface area contributed by atoms with Crippen molar-refractivity contribution in [3.8, 4) is 0 Å². The molecule has 0 bridgehead atoms. The van der Waals surface area contributed by atoms with Crippen molar-refractivity contribution in [1.29, 1.82) is 0 Å². The van der Waals surface area contributed by atoms with Crippen molar-refractivity contribution in [2.45, 2.75) is 6.04 Å². The van der Waals surface area contributed by atoms with Crippen LogP contribution in [0.25, 0.3) is 0 Å². The van der Waals surface area contributed by atoms with Gasteiger partial charge in [-0.15, -0.1) is 36.2 Å². The first-order valence-corrected chi connectivity index (χ1v) is 8.74. The molecule has 7 heteroatoms. The average Bonchev–Trinajstić information content (AvgIpc) is 2.97. The molecule has 0 aliphatic carbocycles. The summed E-state index contributed by atoms with van der Waals surface area (Å²) in [4.78, 5) is 3.92. The summed E-state index contributed by atoms with van der Waals surface area (Å²) < 4.78 is 1.09. The Morgan fingerprint density at radius 3 is 2.50 bits per heavy atom. The standard InChI is InChI=1S/C15H16BrClN2S.2ClH/c16-13-10-11(17)3-4-12(13)15(14-2-1-9-20-14)19-7-5-18-6-8-19;;/h1-4,9-10,15,18H,5-8H2;2*1H/t15-;;/m1../s1. The Bertz CT molecular complexity index is 574. The Morgan fingerprint density at radius 2 is 1.91 bits per heavy atom. The highest BCUT2D eigenvalue weighted by Gasteiger charge is 2.26. The molecule has 1 aliphatic rings. The molecule has 3 rings (SSSR count). The molecule has 0 radical (unpaired) electrons. The minimum absolute atomic E-state index is 0. The smallest absolute Gasteiger partial charge is 0.0707 e. The van der Waals surface area contributed by atoms with Crippen molar-refractivity contribution in [2.75, 3.05) is 26.2 Å². The van der Waals surface area contributed by atoms with Crippen LogP contribution < -0.4 is 5.32 Å². The lowest BCUT2D eigenvalue weighted by molar-refractivity contribution is 0.200. The molecule has 2 aromatic rings. The highest BCUT2D eigenvalue weighted by Crippen LogP contribution is 2.36. The molecule has 1 N–H and O–H groups in total. The third-order valence-electron chi connectivity index (χ3n) is 3.59. The predicted molar refractivity (Wildman–Crippen MR) is 104 cm³/mol. The second-order valence-electron chi connectivity index (χ2n) is 4.87. The fourth-order valence-electron chi connectivity index (χ4n) is 2.64. The average molecular weight is 445 g/mol. The molecular formula is C15H18BrCl3N2S. The molecular weight excluding hydrogens is 427 g/mol. The Kier molecular flexibility index (Phi) is 8.72. The highest BCUT2D eigenvalue weighted by atomic mass is 79.9. The van der Waals surface area contributed by atoms with Gasteiger partial charge in [-0.05, 0) is 29.1 Å². The summed E-state index contributed by atoms with van der Waals surface area (Å²) in [5, 5.41) is 6.34. The molecule has 0 amide bonds. The summed E-state index contributed by atoms with van der Waals surface area (Å²) in [6.45, 7) is 4.23. The molecule has 22 heavy (non-hydrogen) atoms. The molecule has 1 saturated heterocycles. The number of hydrogen-bond donors (Lipinski definition) is 1. The molecule has 1 aliphatic heterocycles. The van der Waals surface area contributed by atoms with Crippen molar-refractivity contribution >= 4 is 63.7 Å². The van der Waals surface area contributed by atoms with Crippen LogP contribution in [0.1, 0.15) is 16.5 Å². The lowest BCUT2D eigenvalue weighted by Gasteiger charge is -2.35. The van der Waals surface area contributed by atoms with Crippen molar-refractivity contribution in [3.05, 3.63) is 55.6 Å². The van der Waals surface area contributed by atoms with E-state index in [1.807, 2.05) is 23.5 Å². The molecule has 2 nitrogen and oxygen atoms in total.